The first-order valence-corrected chi connectivity index (χ1v) is 9.09. The molecule has 0 aliphatic heterocycles. The van der Waals surface area contributed by atoms with Crippen LogP contribution in [-0.2, 0) is 16.4 Å². The quantitative estimate of drug-likeness (QED) is 0.388. The van der Waals surface area contributed by atoms with Crippen molar-refractivity contribution in [2.45, 2.75) is 26.8 Å². The van der Waals surface area contributed by atoms with Crippen LogP contribution in [0.4, 0.5) is 0 Å². The zero-order valence-electron chi connectivity index (χ0n) is 12.7. The van der Waals surface area contributed by atoms with E-state index in [-0.39, 0.29) is 11.5 Å². The van der Waals surface area contributed by atoms with Crippen molar-refractivity contribution in [3.63, 3.8) is 0 Å². The van der Waals surface area contributed by atoms with E-state index in [2.05, 4.69) is 20.7 Å². The van der Waals surface area contributed by atoms with Gasteiger partial charge in [0.1, 0.15) is 0 Å². The highest BCUT2D eigenvalue weighted by Gasteiger charge is 2.07. The van der Waals surface area contributed by atoms with Crippen LogP contribution in [0.2, 0.25) is 0 Å². The van der Waals surface area contributed by atoms with Crippen LogP contribution in [0.25, 0.3) is 0 Å². The van der Waals surface area contributed by atoms with E-state index in [1.54, 1.807) is 13.1 Å². The molecule has 0 amide bonds. The van der Waals surface area contributed by atoms with Crippen LogP contribution in [0.3, 0.4) is 0 Å². The van der Waals surface area contributed by atoms with Gasteiger partial charge in [-0.1, -0.05) is 6.92 Å². The molecule has 0 fully saturated rings. The van der Waals surface area contributed by atoms with Crippen molar-refractivity contribution in [2.24, 2.45) is 4.99 Å². The van der Waals surface area contributed by atoms with E-state index < -0.39 is 9.84 Å². The first-order chi connectivity index (χ1) is 10.1. The van der Waals surface area contributed by atoms with Gasteiger partial charge >= 0.3 is 0 Å². The molecular weight excluding hydrogens is 290 g/mol. The molecule has 0 bridgehead atoms. The Morgan fingerprint density at radius 3 is 2.76 bits per heavy atom. The first-order valence-electron chi connectivity index (χ1n) is 7.27. The molecule has 0 aliphatic rings. The summed E-state index contributed by atoms with van der Waals surface area (Å²) in [5, 5.41) is 10.3. The van der Waals surface area contributed by atoms with Gasteiger partial charge in [-0.2, -0.15) is 5.10 Å². The fraction of sp³-hybridized carbons (Fsp3) is 0.692. The molecule has 0 saturated carbocycles. The molecule has 0 radical (unpaired) electrons. The van der Waals surface area contributed by atoms with Crippen LogP contribution >= 0.6 is 0 Å². The van der Waals surface area contributed by atoms with Crippen molar-refractivity contribution in [1.29, 1.82) is 0 Å². The van der Waals surface area contributed by atoms with Crippen LogP contribution in [0.5, 0.6) is 0 Å². The molecule has 0 aliphatic carbocycles. The van der Waals surface area contributed by atoms with Gasteiger partial charge in [0.15, 0.2) is 15.8 Å². The van der Waals surface area contributed by atoms with E-state index >= 15 is 0 Å². The Bertz CT molecular complexity index is 511. The molecule has 8 heteroatoms. The minimum atomic E-state index is -2.94. The SMILES string of the molecule is CCNC(=NCCCn1cccn1)NCCS(=O)(=O)CC. The highest BCUT2D eigenvalue weighted by atomic mass is 32.2. The number of aliphatic imine (C=N–C) groups is 1. The topological polar surface area (TPSA) is 88.4 Å². The third kappa shape index (κ3) is 7.69. The third-order valence-electron chi connectivity index (χ3n) is 2.86. The second kappa shape index (κ2) is 9.38. The zero-order chi connectivity index (χ0) is 15.6. The summed E-state index contributed by atoms with van der Waals surface area (Å²) in [4.78, 5) is 4.42. The molecule has 120 valence electrons. The number of rotatable bonds is 9. The monoisotopic (exact) mass is 315 g/mol. The van der Waals surface area contributed by atoms with Crippen molar-refractivity contribution >= 4 is 15.8 Å². The lowest BCUT2D eigenvalue weighted by molar-refractivity contribution is 0.583. The predicted octanol–water partition coefficient (Wildman–Crippen LogP) is 0.263. The molecule has 0 unspecified atom stereocenters. The Kier molecular flexibility index (Phi) is 7.81. The van der Waals surface area contributed by atoms with Gasteiger partial charge in [0.2, 0.25) is 0 Å². The van der Waals surface area contributed by atoms with Crippen molar-refractivity contribution < 1.29 is 8.42 Å². The van der Waals surface area contributed by atoms with Crippen molar-refractivity contribution in [3.05, 3.63) is 18.5 Å². The molecule has 7 nitrogen and oxygen atoms in total. The summed E-state index contributed by atoms with van der Waals surface area (Å²) in [6.07, 6.45) is 4.55. The minimum Gasteiger partial charge on any atom is -0.357 e. The van der Waals surface area contributed by atoms with Gasteiger partial charge in [-0.25, -0.2) is 8.42 Å². The van der Waals surface area contributed by atoms with Crippen molar-refractivity contribution in [3.8, 4) is 0 Å². The van der Waals surface area contributed by atoms with Crippen LogP contribution in [0.1, 0.15) is 20.3 Å². The Labute approximate surface area is 126 Å². The van der Waals surface area contributed by atoms with Crippen LogP contribution in [0.15, 0.2) is 23.5 Å². The van der Waals surface area contributed by atoms with Gasteiger partial charge in [-0.05, 0) is 19.4 Å². The molecule has 1 aromatic heterocycles. The molecular formula is C13H25N5O2S. The van der Waals surface area contributed by atoms with Crippen LogP contribution in [-0.4, -0.2) is 55.3 Å². The molecule has 0 atom stereocenters. The minimum absolute atomic E-state index is 0.126. The van der Waals surface area contributed by atoms with Gasteiger partial charge in [0.25, 0.3) is 0 Å². The summed E-state index contributed by atoms with van der Waals surface area (Å²) in [5.74, 6) is 0.956. The first kappa shape index (κ1) is 17.5. The average Bonchev–Trinajstić information content (AvgIpc) is 2.96. The molecule has 0 saturated heterocycles. The van der Waals surface area contributed by atoms with E-state index in [0.29, 0.717) is 19.0 Å². The lowest BCUT2D eigenvalue weighted by atomic mass is 10.4. The number of hydrogen-bond donors (Lipinski definition) is 2. The second-order valence-electron chi connectivity index (χ2n) is 4.55. The molecule has 0 spiro atoms. The van der Waals surface area contributed by atoms with Crippen LogP contribution in [0, 0.1) is 0 Å². The Hall–Kier alpha value is -1.57. The number of nitrogens with one attached hydrogen (secondary N) is 2. The van der Waals surface area contributed by atoms with Gasteiger partial charge in [-0.15, -0.1) is 0 Å². The molecule has 21 heavy (non-hydrogen) atoms. The largest absolute Gasteiger partial charge is 0.357 e. The number of hydrogen-bond acceptors (Lipinski definition) is 4. The van der Waals surface area contributed by atoms with E-state index in [0.717, 1.165) is 19.5 Å². The summed E-state index contributed by atoms with van der Waals surface area (Å²) in [6, 6.07) is 1.89. The zero-order valence-corrected chi connectivity index (χ0v) is 13.6. The number of sulfone groups is 1. The molecule has 1 rings (SSSR count). The average molecular weight is 315 g/mol. The summed E-state index contributed by atoms with van der Waals surface area (Å²) in [5.41, 5.74) is 0. The maximum Gasteiger partial charge on any atom is 0.191 e. The molecule has 0 aromatic carbocycles. The fourth-order valence-corrected chi connectivity index (χ4v) is 2.37. The predicted molar refractivity (Wildman–Crippen MR) is 85.2 cm³/mol. The van der Waals surface area contributed by atoms with Gasteiger partial charge in [0.05, 0.1) is 5.75 Å². The number of aromatic nitrogens is 2. The Morgan fingerprint density at radius 2 is 2.14 bits per heavy atom. The number of aryl methyl sites for hydroxylation is 1. The maximum atomic E-state index is 11.4. The highest BCUT2D eigenvalue weighted by molar-refractivity contribution is 7.91. The van der Waals surface area contributed by atoms with E-state index in [4.69, 9.17) is 0 Å². The summed E-state index contributed by atoms with van der Waals surface area (Å²) >= 11 is 0. The van der Waals surface area contributed by atoms with Gasteiger partial charge < -0.3 is 10.6 Å². The smallest absolute Gasteiger partial charge is 0.191 e. The maximum absolute atomic E-state index is 11.4. The summed E-state index contributed by atoms with van der Waals surface area (Å²) in [7, 11) is -2.94. The standard InChI is InChI=1S/C13H25N5O2S/c1-3-14-13(16-9-12-21(19,20)4-2)15-7-5-10-18-11-6-8-17-18/h6,8,11H,3-5,7,9-10,12H2,1-2H3,(H2,14,15,16). The second-order valence-corrected chi connectivity index (χ2v) is 7.02. The van der Waals surface area contributed by atoms with E-state index in [9.17, 15) is 8.42 Å². The summed E-state index contributed by atoms with van der Waals surface area (Å²) in [6.45, 7) is 6.23. The third-order valence-corrected chi connectivity index (χ3v) is 4.57. The van der Waals surface area contributed by atoms with Gasteiger partial charge in [0, 0.05) is 44.3 Å². The molecule has 1 heterocycles. The van der Waals surface area contributed by atoms with Crippen molar-refractivity contribution in [2.75, 3.05) is 31.1 Å². The summed E-state index contributed by atoms with van der Waals surface area (Å²) < 4.78 is 24.7. The number of guanidine groups is 1. The van der Waals surface area contributed by atoms with Crippen molar-refractivity contribution in [1.82, 2.24) is 20.4 Å². The van der Waals surface area contributed by atoms with E-state index in [1.807, 2.05) is 23.9 Å². The normalized spacial score (nSPS) is 12.4. The fourth-order valence-electron chi connectivity index (χ4n) is 1.67. The Balaban J connectivity index is 2.32. The Morgan fingerprint density at radius 1 is 1.33 bits per heavy atom. The lowest BCUT2D eigenvalue weighted by Crippen LogP contribution is -2.39. The van der Waals surface area contributed by atoms with E-state index in [1.165, 1.54) is 0 Å². The molecule has 2 N–H and O–H groups in total. The number of nitrogens with zero attached hydrogens (tertiary/aromatic N) is 3. The van der Waals surface area contributed by atoms with Gasteiger partial charge in [-0.3, -0.25) is 9.67 Å². The lowest BCUT2D eigenvalue weighted by Gasteiger charge is -2.11. The molecule has 1 aromatic rings. The van der Waals surface area contributed by atoms with Crippen LogP contribution < -0.4 is 10.6 Å². The highest BCUT2D eigenvalue weighted by Crippen LogP contribution is 1.91.